The van der Waals surface area contributed by atoms with Crippen molar-refractivity contribution in [2.45, 2.75) is 18.6 Å². The van der Waals surface area contributed by atoms with Gasteiger partial charge in [0.1, 0.15) is 11.9 Å². The summed E-state index contributed by atoms with van der Waals surface area (Å²) in [6.45, 7) is -0.102. The standard InChI is InChI=1S/C12H12BrFN2O4/c13-7-2-1-3-8(14)10(7)15-12(20)16-5-6(17)4-9(16)11(18)19/h1-3,6,9,17H,4-5H2,(H,15,20)(H,18,19)/t6-,9-/m1/s1. The van der Waals surface area contributed by atoms with Crippen LogP contribution in [0.4, 0.5) is 14.9 Å². The number of aliphatic carboxylic acids is 1. The minimum atomic E-state index is -1.20. The van der Waals surface area contributed by atoms with Crippen molar-refractivity contribution in [1.82, 2.24) is 4.90 Å². The number of nitrogens with zero attached hydrogens (tertiary/aromatic N) is 1. The third-order valence-electron chi connectivity index (χ3n) is 3.02. The molecule has 1 aliphatic heterocycles. The Morgan fingerprint density at radius 2 is 2.15 bits per heavy atom. The van der Waals surface area contributed by atoms with E-state index in [0.717, 1.165) is 4.90 Å². The summed E-state index contributed by atoms with van der Waals surface area (Å²) >= 11 is 3.10. The van der Waals surface area contributed by atoms with Crippen molar-refractivity contribution < 1.29 is 24.2 Å². The second-order valence-electron chi connectivity index (χ2n) is 4.42. The lowest BCUT2D eigenvalue weighted by Crippen LogP contribution is -2.43. The fourth-order valence-electron chi connectivity index (χ4n) is 2.07. The van der Waals surface area contributed by atoms with Gasteiger partial charge in [-0.2, -0.15) is 0 Å². The van der Waals surface area contributed by atoms with Crippen LogP contribution in [-0.2, 0) is 4.79 Å². The molecule has 2 atom stereocenters. The molecule has 108 valence electrons. The molecule has 0 spiro atoms. The number of aliphatic hydroxyl groups is 1. The number of halogens is 2. The number of carboxylic acid groups (broad SMARTS) is 1. The quantitative estimate of drug-likeness (QED) is 0.759. The van der Waals surface area contributed by atoms with E-state index in [2.05, 4.69) is 21.2 Å². The number of benzene rings is 1. The molecule has 0 unspecified atom stereocenters. The van der Waals surface area contributed by atoms with Gasteiger partial charge in [-0.05, 0) is 28.1 Å². The average Bonchev–Trinajstić information content (AvgIpc) is 2.76. The second-order valence-corrected chi connectivity index (χ2v) is 5.28. The minimum absolute atomic E-state index is 0.0405. The highest BCUT2D eigenvalue weighted by Crippen LogP contribution is 2.27. The maximum atomic E-state index is 13.6. The van der Waals surface area contributed by atoms with E-state index in [-0.39, 0.29) is 18.7 Å². The monoisotopic (exact) mass is 346 g/mol. The van der Waals surface area contributed by atoms with Gasteiger partial charge in [-0.3, -0.25) is 0 Å². The number of hydrogen-bond donors (Lipinski definition) is 3. The van der Waals surface area contributed by atoms with E-state index >= 15 is 0 Å². The Morgan fingerprint density at radius 3 is 2.75 bits per heavy atom. The number of anilines is 1. The number of carbonyl (C=O) groups excluding carboxylic acids is 1. The number of urea groups is 1. The van der Waals surface area contributed by atoms with Gasteiger partial charge in [-0.15, -0.1) is 0 Å². The average molecular weight is 347 g/mol. The molecule has 1 aromatic rings. The third-order valence-corrected chi connectivity index (χ3v) is 3.68. The molecule has 0 bridgehead atoms. The van der Waals surface area contributed by atoms with Crippen LogP contribution in [0.1, 0.15) is 6.42 Å². The Labute approximate surface area is 122 Å². The molecule has 1 saturated heterocycles. The zero-order valence-corrected chi connectivity index (χ0v) is 11.8. The van der Waals surface area contributed by atoms with E-state index in [1.807, 2.05) is 0 Å². The number of nitrogens with one attached hydrogen (secondary N) is 1. The summed E-state index contributed by atoms with van der Waals surface area (Å²) in [5, 5.41) is 20.8. The molecule has 20 heavy (non-hydrogen) atoms. The number of carbonyl (C=O) groups is 2. The van der Waals surface area contributed by atoms with E-state index in [0.29, 0.717) is 4.47 Å². The Hall–Kier alpha value is -1.67. The van der Waals surface area contributed by atoms with Crippen molar-refractivity contribution in [1.29, 1.82) is 0 Å². The van der Waals surface area contributed by atoms with Gasteiger partial charge in [0.25, 0.3) is 0 Å². The van der Waals surface area contributed by atoms with Crippen LogP contribution >= 0.6 is 15.9 Å². The number of hydrogen-bond acceptors (Lipinski definition) is 3. The van der Waals surface area contributed by atoms with Crippen molar-refractivity contribution in [2.75, 3.05) is 11.9 Å². The fraction of sp³-hybridized carbons (Fsp3) is 0.333. The molecule has 0 aliphatic carbocycles. The van der Waals surface area contributed by atoms with E-state index in [1.54, 1.807) is 6.07 Å². The highest BCUT2D eigenvalue weighted by atomic mass is 79.9. The van der Waals surface area contributed by atoms with E-state index in [4.69, 9.17) is 5.11 Å². The molecule has 3 N–H and O–H groups in total. The first kappa shape index (κ1) is 14.7. The molecule has 1 heterocycles. The molecule has 0 aromatic heterocycles. The number of carboxylic acids is 1. The summed E-state index contributed by atoms with van der Waals surface area (Å²) in [6.07, 6.45) is -0.938. The zero-order valence-electron chi connectivity index (χ0n) is 10.2. The van der Waals surface area contributed by atoms with Crippen LogP contribution in [0.15, 0.2) is 22.7 Å². The Kier molecular flexibility index (Phi) is 4.24. The number of amides is 2. The SMILES string of the molecule is O=C(O)[C@H]1C[C@@H](O)CN1C(=O)Nc1c(F)cccc1Br. The van der Waals surface area contributed by atoms with Gasteiger partial charge in [0.15, 0.2) is 0 Å². The topological polar surface area (TPSA) is 89.9 Å². The largest absolute Gasteiger partial charge is 0.480 e. The summed E-state index contributed by atoms with van der Waals surface area (Å²) in [4.78, 5) is 24.0. The van der Waals surface area contributed by atoms with Crippen LogP contribution in [0.3, 0.4) is 0 Å². The highest BCUT2D eigenvalue weighted by molar-refractivity contribution is 9.10. The summed E-state index contributed by atoms with van der Waals surface area (Å²) in [5.41, 5.74) is -0.0666. The van der Waals surface area contributed by atoms with Crippen LogP contribution < -0.4 is 5.32 Å². The van der Waals surface area contributed by atoms with Gasteiger partial charge in [0.2, 0.25) is 0 Å². The first-order chi connectivity index (χ1) is 9.40. The zero-order chi connectivity index (χ0) is 14.9. The molecule has 2 rings (SSSR count). The predicted octanol–water partition coefficient (Wildman–Crippen LogP) is 1.64. The molecule has 2 amide bonds. The first-order valence-corrected chi connectivity index (χ1v) is 6.62. The molecule has 1 aromatic carbocycles. The van der Waals surface area contributed by atoms with Gasteiger partial charge in [-0.25, -0.2) is 14.0 Å². The lowest BCUT2D eigenvalue weighted by atomic mass is 10.2. The number of aliphatic hydroxyl groups excluding tert-OH is 1. The van der Waals surface area contributed by atoms with Crippen molar-refractivity contribution in [3.8, 4) is 0 Å². The molecule has 1 fully saturated rings. The van der Waals surface area contributed by atoms with Crippen molar-refractivity contribution in [2.24, 2.45) is 0 Å². The molecule has 0 saturated carbocycles. The lowest BCUT2D eigenvalue weighted by molar-refractivity contribution is -0.141. The summed E-state index contributed by atoms with van der Waals surface area (Å²) in [5.74, 6) is -1.84. The summed E-state index contributed by atoms with van der Waals surface area (Å²) in [6, 6.07) is 2.31. The highest BCUT2D eigenvalue weighted by Gasteiger charge is 2.39. The molecular weight excluding hydrogens is 335 g/mol. The third kappa shape index (κ3) is 2.91. The number of likely N-dealkylation sites (tertiary alicyclic amines) is 1. The number of β-amino-alcohol motifs (C(OH)–C–C–N with tert-alkyl or cyclic N) is 1. The Morgan fingerprint density at radius 1 is 1.45 bits per heavy atom. The lowest BCUT2D eigenvalue weighted by Gasteiger charge is -2.22. The van der Waals surface area contributed by atoms with Gasteiger partial charge < -0.3 is 20.4 Å². The van der Waals surface area contributed by atoms with Gasteiger partial charge in [-0.1, -0.05) is 6.07 Å². The maximum absolute atomic E-state index is 13.6. The first-order valence-electron chi connectivity index (χ1n) is 5.82. The number of rotatable bonds is 2. The smallest absolute Gasteiger partial charge is 0.326 e. The molecule has 6 nitrogen and oxygen atoms in total. The number of para-hydroxylation sites is 1. The predicted molar refractivity (Wildman–Crippen MR) is 71.9 cm³/mol. The van der Waals surface area contributed by atoms with E-state index in [9.17, 15) is 19.1 Å². The Balaban J connectivity index is 2.18. The van der Waals surface area contributed by atoms with Crippen LogP contribution in [0.5, 0.6) is 0 Å². The van der Waals surface area contributed by atoms with Gasteiger partial charge in [0.05, 0.1) is 11.8 Å². The van der Waals surface area contributed by atoms with E-state index < -0.39 is 30.0 Å². The molecular formula is C12H12BrFN2O4. The van der Waals surface area contributed by atoms with Crippen molar-refractivity contribution in [3.63, 3.8) is 0 Å². The van der Waals surface area contributed by atoms with E-state index in [1.165, 1.54) is 12.1 Å². The molecule has 0 radical (unpaired) electrons. The minimum Gasteiger partial charge on any atom is -0.480 e. The van der Waals surface area contributed by atoms with Crippen LogP contribution in [-0.4, -0.2) is 45.8 Å². The Bertz CT molecular complexity index is 534. The van der Waals surface area contributed by atoms with Crippen molar-refractivity contribution >= 4 is 33.6 Å². The summed E-state index contributed by atoms with van der Waals surface area (Å²) < 4.78 is 13.9. The molecule has 8 heteroatoms. The van der Waals surface area contributed by atoms with Crippen LogP contribution in [0, 0.1) is 5.82 Å². The molecule has 1 aliphatic rings. The normalized spacial score (nSPS) is 21.9. The van der Waals surface area contributed by atoms with Crippen molar-refractivity contribution in [3.05, 3.63) is 28.5 Å². The fourth-order valence-corrected chi connectivity index (χ4v) is 2.51. The maximum Gasteiger partial charge on any atom is 0.326 e. The summed E-state index contributed by atoms with van der Waals surface area (Å²) in [7, 11) is 0. The second kappa shape index (κ2) is 5.76. The van der Waals surface area contributed by atoms with Crippen LogP contribution in [0.25, 0.3) is 0 Å². The van der Waals surface area contributed by atoms with Gasteiger partial charge >= 0.3 is 12.0 Å². The van der Waals surface area contributed by atoms with Gasteiger partial charge in [0, 0.05) is 17.4 Å². The van der Waals surface area contributed by atoms with Crippen LogP contribution in [0.2, 0.25) is 0 Å².